The second kappa shape index (κ2) is 10.5. The molecule has 11 heteroatoms. The third-order valence-corrected chi connectivity index (χ3v) is 6.69. The summed E-state index contributed by atoms with van der Waals surface area (Å²) in [7, 11) is -4.05. The maximum atomic E-state index is 13.1. The molecular weight excluding hydrogens is 440 g/mol. The number of unbranched alkanes of at least 4 members (excludes halogenated alkanes) is 1. The fraction of sp³-hybridized carbons (Fsp3) is 0.381. The summed E-state index contributed by atoms with van der Waals surface area (Å²) < 4.78 is 43.6. The number of nitro groups is 1. The number of rotatable bonds is 9. The van der Waals surface area contributed by atoms with Crippen molar-refractivity contribution in [3.8, 4) is 11.5 Å². The van der Waals surface area contributed by atoms with Crippen molar-refractivity contribution in [3.63, 3.8) is 0 Å². The maximum absolute atomic E-state index is 13.1. The molecule has 1 fully saturated rings. The molecule has 1 heterocycles. The minimum Gasteiger partial charge on any atom is -0.462 e. The van der Waals surface area contributed by atoms with Crippen LogP contribution in [0.1, 0.15) is 30.1 Å². The molecule has 3 rings (SSSR count). The van der Waals surface area contributed by atoms with Crippen LogP contribution in [0.4, 0.5) is 5.69 Å². The highest BCUT2D eigenvalue weighted by Crippen LogP contribution is 2.34. The zero-order valence-corrected chi connectivity index (χ0v) is 18.4. The smallest absolute Gasteiger partial charge is 0.338 e. The van der Waals surface area contributed by atoms with Crippen LogP contribution in [0, 0.1) is 10.1 Å². The van der Waals surface area contributed by atoms with Crippen molar-refractivity contribution in [3.05, 3.63) is 58.1 Å². The number of benzene rings is 2. The second-order valence-corrected chi connectivity index (χ2v) is 8.93. The maximum Gasteiger partial charge on any atom is 0.338 e. The Bertz CT molecular complexity index is 1060. The lowest BCUT2D eigenvalue weighted by molar-refractivity contribution is -0.385. The SMILES string of the molecule is CCCCOC(=O)c1ccc(Oc2ccc([N+](=O)[O-])cc2S(=O)(=O)N2CCOCC2)cc1. The average molecular weight is 464 g/mol. The summed E-state index contributed by atoms with van der Waals surface area (Å²) in [4.78, 5) is 22.3. The first-order valence-corrected chi connectivity index (χ1v) is 11.6. The van der Waals surface area contributed by atoms with Gasteiger partial charge in [0, 0.05) is 25.2 Å². The van der Waals surface area contributed by atoms with E-state index in [1.807, 2.05) is 6.92 Å². The number of hydrogen-bond acceptors (Lipinski definition) is 8. The summed E-state index contributed by atoms with van der Waals surface area (Å²) in [5.41, 5.74) is -0.0346. The molecular formula is C21H24N2O8S. The van der Waals surface area contributed by atoms with Crippen molar-refractivity contribution in [1.82, 2.24) is 4.31 Å². The number of non-ortho nitro benzene ring substituents is 1. The van der Waals surface area contributed by atoms with Gasteiger partial charge in [-0.25, -0.2) is 13.2 Å². The van der Waals surface area contributed by atoms with Crippen molar-refractivity contribution in [1.29, 1.82) is 0 Å². The molecule has 0 unspecified atom stereocenters. The average Bonchev–Trinajstić information content (AvgIpc) is 2.80. The molecule has 2 aromatic rings. The van der Waals surface area contributed by atoms with Gasteiger partial charge in [0.1, 0.15) is 16.4 Å². The van der Waals surface area contributed by atoms with Gasteiger partial charge in [-0.05, 0) is 36.8 Å². The number of esters is 1. The summed E-state index contributed by atoms with van der Waals surface area (Å²) in [5.74, 6) is -0.251. The van der Waals surface area contributed by atoms with Crippen LogP contribution in [0.2, 0.25) is 0 Å². The molecule has 0 atom stereocenters. The monoisotopic (exact) mass is 464 g/mol. The van der Waals surface area contributed by atoms with Crippen LogP contribution in [0.15, 0.2) is 47.4 Å². The summed E-state index contributed by atoms with van der Waals surface area (Å²) >= 11 is 0. The number of carbonyl (C=O) groups is 1. The highest BCUT2D eigenvalue weighted by Gasteiger charge is 2.31. The molecule has 0 N–H and O–H groups in total. The van der Waals surface area contributed by atoms with Crippen molar-refractivity contribution < 1.29 is 32.3 Å². The van der Waals surface area contributed by atoms with Crippen LogP contribution < -0.4 is 4.74 Å². The van der Waals surface area contributed by atoms with Gasteiger partial charge in [0.05, 0.1) is 30.3 Å². The highest BCUT2D eigenvalue weighted by molar-refractivity contribution is 7.89. The van der Waals surface area contributed by atoms with Gasteiger partial charge in [0.25, 0.3) is 5.69 Å². The van der Waals surface area contributed by atoms with Crippen LogP contribution in [0.25, 0.3) is 0 Å². The van der Waals surface area contributed by atoms with E-state index < -0.39 is 20.9 Å². The van der Waals surface area contributed by atoms with E-state index >= 15 is 0 Å². The number of ether oxygens (including phenoxy) is 3. The largest absolute Gasteiger partial charge is 0.462 e. The van der Waals surface area contributed by atoms with Gasteiger partial charge in [-0.2, -0.15) is 4.31 Å². The normalized spacial score (nSPS) is 14.7. The summed E-state index contributed by atoms with van der Waals surface area (Å²) in [6.07, 6.45) is 1.68. The first kappa shape index (κ1) is 23.6. The van der Waals surface area contributed by atoms with Crippen molar-refractivity contribution in [2.45, 2.75) is 24.7 Å². The lowest BCUT2D eigenvalue weighted by atomic mass is 10.2. The van der Waals surface area contributed by atoms with Crippen LogP contribution in [0.5, 0.6) is 11.5 Å². The van der Waals surface area contributed by atoms with Crippen molar-refractivity contribution >= 4 is 21.7 Å². The lowest BCUT2D eigenvalue weighted by Crippen LogP contribution is -2.40. The van der Waals surface area contributed by atoms with E-state index in [-0.39, 0.29) is 48.4 Å². The first-order chi connectivity index (χ1) is 15.3. The number of hydrogen-bond donors (Lipinski definition) is 0. The Hall–Kier alpha value is -3.02. The zero-order chi connectivity index (χ0) is 23.1. The van der Waals surface area contributed by atoms with Gasteiger partial charge in [-0.1, -0.05) is 13.3 Å². The van der Waals surface area contributed by atoms with Gasteiger partial charge in [0.2, 0.25) is 10.0 Å². The molecule has 2 aromatic carbocycles. The Kier molecular flexibility index (Phi) is 7.78. The Morgan fingerprint density at radius 1 is 1.16 bits per heavy atom. The Labute approximate surface area is 185 Å². The number of morpholine rings is 1. The van der Waals surface area contributed by atoms with Crippen LogP contribution in [-0.4, -0.2) is 56.5 Å². The molecule has 0 amide bonds. The summed E-state index contributed by atoms with van der Waals surface area (Å²) in [6.45, 7) is 3.07. The van der Waals surface area contributed by atoms with Gasteiger partial charge >= 0.3 is 5.97 Å². The first-order valence-electron chi connectivity index (χ1n) is 10.1. The van der Waals surface area contributed by atoms with Gasteiger partial charge in [-0.15, -0.1) is 0 Å². The van der Waals surface area contributed by atoms with Crippen molar-refractivity contribution in [2.24, 2.45) is 0 Å². The predicted octanol–water partition coefficient (Wildman–Crippen LogP) is 3.36. The number of nitrogens with zero attached hydrogens (tertiary/aromatic N) is 2. The Morgan fingerprint density at radius 2 is 1.84 bits per heavy atom. The fourth-order valence-electron chi connectivity index (χ4n) is 3.00. The van der Waals surface area contributed by atoms with Crippen LogP contribution in [0.3, 0.4) is 0 Å². The second-order valence-electron chi connectivity index (χ2n) is 7.02. The molecule has 172 valence electrons. The molecule has 1 saturated heterocycles. The fourth-order valence-corrected chi connectivity index (χ4v) is 4.54. The van der Waals surface area contributed by atoms with E-state index in [1.54, 1.807) is 0 Å². The predicted molar refractivity (Wildman–Crippen MR) is 114 cm³/mol. The molecule has 0 aliphatic carbocycles. The van der Waals surface area contributed by atoms with E-state index in [9.17, 15) is 23.3 Å². The van der Waals surface area contributed by atoms with Crippen LogP contribution >= 0.6 is 0 Å². The van der Waals surface area contributed by atoms with E-state index in [4.69, 9.17) is 14.2 Å². The van der Waals surface area contributed by atoms with E-state index in [0.29, 0.717) is 12.2 Å². The molecule has 0 radical (unpaired) electrons. The molecule has 0 aromatic heterocycles. The number of carbonyl (C=O) groups excluding carboxylic acids is 1. The topological polar surface area (TPSA) is 125 Å². The molecule has 1 aliphatic rings. The third kappa shape index (κ3) is 5.61. The van der Waals surface area contributed by atoms with Crippen molar-refractivity contribution in [2.75, 3.05) is 32.9 Å². The number of nitro benzene ring substituents is 1. The minimum absolute atomic E-state index is 0.0552. The quantitative estimate of drug-likeness (QED) is 0.239. The van der Waals surface area contributed by atoms with Gasteiger partial charge in [-0.3, -0.25) is 10.1 Å². The summed E-state index contributed by atoms with van der Waals surface area (Å²) in [6, 6.07) is 9.42. The summed E-state index contributed by atoms with van der Waals surface area (Å²) in [5, 5.41) is 11.2. The molecule has 0 saturated carbocycles. The third-order valence-electron chi connectivity index (χ3n) is 4.77. The van der Waals surface area contributed by atoms with Gasteiger partial charge < -0.3 is 14.2 Å². The lowest BCUT2D eigenvalue weighted by Gasteiger charge is -2.26. The van der Waals surface area contributed by atoms with E-state index in [1.165, 1.54) is 40.7 Å². The molecule has 32 heavy (non-hydrogen) atoms. The van der Waals surface area contributed by atoms with Crippen LogP contribution in [-0.2, 0) is 19.5 Å². The molecule has 1 aliphatic heterocycles. The minimum atomic E-state index is -4.05. The molecule has 0 bridgehead atoms. The Morgan fingerprint density at radius 3 is 2.47 bits per heavy atom. The Balaban J connectivity index is 1.86. The molecule has 0 spiro atoms. The van der Waals surface area contributed by atoms with E-state index in [2.05, 4.69) is 0 Å². The highest BCUT2D eigenvalue weighted by atomic mass is 32.2. The standard InChI is InChI=1S/C21H24N2O8S/c1-2-3-12-30-21(24)16-4-7-18(8-5-16)31-19-9-6-17(23(25)26)15-20(19)32(27,28)22-10-13-29-14-11-22/h4-9,15H,2-3,10-14H2,1H3. The molecule has 10 nitrogen and oxygen atoms in total. The van der Waals surface area contributed by atoms with Gasteiger partial charge in [0.15, 0.2) is 0 Å². The number of sulfonamides is 1. The zero-order valence-electron chi connectivity index (χ0n) is 17.6. The van der Waals surface area contributed by atoms with E-state index in [0.717, 1.165) is 18.9 Å².